The van der Waals surface area contributed by atoms with Gasteiger partial charge in [0.2, 0.25) is 5.91 Å². The second-order valence-corrected chi connectivity index (χ2v) is 4.87. The van der Waals surface area contributed by atoms with Crippen molar-refractivity contribution in [3.63, 3.8) is 0 Å². The molecule has 3 nitrogen and oxygen atoms in total. The molecule has 1 aliphatic carbocycles. The van der Waals surface area contributed by atoms with Crippen LogP contribution in [0.2, 0.25) is 0 Å². The van der Waals surface area contributed by atoms with Crippen molar-refractivity contribution in [1.29, 1.82) is 0 Å². The van der Waals surface area contributed by atoms with Gasteiger partial charge in [-0.25, -0.2) is 0 Å². The lowest BCUT2D eigenvalue weighted by molar-refractivity contribution is -0.148. The summed E-state index contributed by atoms with van der Waals surface area (Å²) < 4.78 is 0. The molecule has 3 heteroatoms. The van der Waals surface area contributed by atoms with Gasteiger partial charge >= 0.3 is 0 Å². The van der Waals surface area contributed by atoms with Crippen LogP contribution in [0.1, 0.15) is 32.1 Å². The molecule has 88 valence electrons. The maximum absolute atomic E-state index is 12.2. The number of aldehydes is 1. The van der Waals surface area contributed by atoms with Gasteiger partial charge in [0.1, 0.15) is 6.29 Å². The number of hydrogen-bond donors (Lipinski definition) is 0. The van der Waals surface area contributed by atoms with Crippen LogP contribution in [0.25, 0.3) is 0 Å². The van der Waals surface area contributed by atoms with Crippen molar-refractivity contribution >= 4 is 12.2 Å². The zero-order valence-corrected chi connectivity index (χ0v) is 9.60. The van der Waals surface area contributed by atoms with Crippen molar-refractivity contribution in [1.82, 2.24) is 4.90 Å². The number of likely N-dealkylation sites (tertiary alicyclic amines) is 1. The number of piperidine rings is 1. The summed E-state index contributed by atoms with van der Waals surface area (Å²) in [7, 11) is 0. The molecule has 0 aromatic rings. The molecule has 2 fully saturated rings. The first-order chi connectivity index (χ1) is 7.77. The SMILES string of the molecule is C=CCN1C(=O)C2CCCCC2CC1C=O. The maximum Gasteiger partial charge on any atom is 0.226 e. The number of rotatable bonds is 3. The highest BCUT2D eigenvalue weighted by Gasteiger charge is 2.41. The largest absolute Gasteiger partial charge is 0.329 e. The van der Waals surface area contributed by atoms with E-state index in [1.165, 1.54) is 6.42 Å². The summed E-state index contributed by atoms with van der Waals surface area (Å²) in [4.78, 5) is 25.0. The zero-order chi connectivity index (χ0) is 11.5. The van der Waals surface area contributed by atoms with E-state index in [-0.39, 0.29) is 17.9 Å². The van der Waals surface area contributed by atoms with Crippen molar-refractivity contribution in [2.24, 2.45) is 11.8 Å². The van der Waals surface area contributed by atoms with E-state index in [4.69, 9.17) is 0 Å². The maximum atomic E-state index is 12.2. The van der Waals surface area contributed by atoms with Gasteiger partial charge in [0.25, 0.3) is 0 Å². The van der Waals surface area contributed by atoms with Crippen LogP contribution in [-0.4, -0.2) is 29.7 Å². The van der Waals surface area contributed by atoms with Crippen LogP contribution in [0.3, 0.4) is 0 Å². The van der Waals surface area contributed by atoms with Crippen LogP contribution in [0.4, 0.5) is 0 Å². The predicted octanol–water partition coefficient (Wildman–Crippen LogP) is 1.78. The van der Waals surface area contributed by atoms with Crippen LogP contribution >= 0.6 is 0 Å². The lowest BCUT2D eigenvalue weighted by Crippen LogP contribution is -2.52. The minimum Gasteiger partial charge on any atom is -0.329 e. The van der Waals surface area contributed by atoms with Crippen molar-refractivity contribution in [3.8, 4) is 0 Å². The molecular formula is C13H19NO2. The summed E-state index contributed by atoms with van der Waals surface area (Å²) >= 11 is 0. The molecule has 0 spiro atoms. The summed E-state index contributed by atoms with van der Waals surface area (Å²) in [5.41, 5.74) is 0. The average molecular weight is 221 g/mol. The lowest BCUT2D eigenvalue weighted by Gasteiger charge is -2.43. The fourth-order valence-electron chi connectivity index (χ4n) is 3.12. The predicted molar refractivity (Wildman–Crippen MR) is 61.8 cm³/mol. The minimum atomic E-state index is -0.218. The highest BCUT2D eigenvalue weighted by Crippen LogP contribution is 2.38. The molecule has 0 aromatic heterocycles. The third kappa shape index (κ3) is 1.91. The Labute approximate surface area is 96.5 Å². The van der Waals surface area contributed by atoms with E-state index in [1.807, 2.05) is 0 Å². The number of carbonyl (C=O) groups excluding carboxylic acids is 2. The fourth-order valence-corrected chi connectivity index (χ4v) is 3.12. The number of amides is 1. The van der Waals surface area contributed by atoms with E-state index in [9.17, 15) is 9.59 Å². The highest BCUT2D eigenvalue weighted by molar-refractivity contribution is 5.84. The van der Waals surface area contributed by atoms with Crippen molar-refractivity contribution in [3.05, 3.63) is 12.7 Å². The minimum absolute atomic E-state index is 0.171. The Kier molecular flexibility index (Phi) is 3.42. The van der Waals surface area contributed by atoms with E-state index in [0.29, 0.717) is 12.5 Å². The molecular weight excluding hydrogens is 202 g/mol. The van der Waals surface area contributed by atoms with Gasteiger partial charge < -0.3 is 9.69 Å². The van der Waals surface area contributed by atoms with Crippen LogP contribution in [0.5, 0.6) is 0 Å². The molecule has 0 N–H and O–H groups in total. The number of hydrogen-bond acceptors (Lipinski definition) is 2. The average Bonchev–Trinajstić information content (AvgIpc) is 2.33. The number of carbonyl (C=O) groups is 2. The first-order valence-corrected chi connectivity index (χ1v) is 6.14. The quantitative estimate of drug-likeness (QED) is 0.538. The van der Waals surface area contributed by atoms with Crippen LogP contribution < -0.4 is 0 Å². The van der Waals surface area contributed by atoms with Crippen LogP contribution in [-0.2, 0) is 9.59 Å². The summed E-state index contributed by atoms with van der Waals surface area (Å²) in [6.45, 7) is 4.16. The van der Waals surface area contributed by atoms with Gasteiger partial charge in [-0.3, -0.25) is 4.79 Å². The van der Waals surface area contributed by atoms with Gasteiger partial charge in [-0.15, -0.1) is 6.58 Å². The molecule has 16 heavy (non-hydrogen) atoms. The van der Waals surface area contributed by atoms with Crippen LogP contribution in [0.15, 0.2) is 12.7 Å². The number of fused-ring (bicyclic) bond motifs is 1. The third-order valence-corrected chi connectivity index (χ3v) is 3.94. The van der Waals surface area contributed by atoms with E-state index in [2.05, 4.69) is 6.58 Å². The molecule has 0 aromatic carbocycles. The Morgan fingerprint density at radius 3 is 2.81 bits per heavy atom. The van der Waals surface area contributed by atoms with E-state index in [0.717, 1.165) is 32.0 Å². The summed E-state index contributed by atoms with van der Waals surface area (Å²) in [6, 6.07) is -0.218. The first kappa shape index (κ1) is 11.4. The third-order valence-electron chi connectivity index (χ3n) is 3.94. The molecule has 0 radical (unpaired) electrons. The summed E-state index contributed by atoms with van der Waals surface area (Å²) in [5.74, 6) is 0.787. The van der Waals surface area contributed by atoms with Crippen molar-refractivity contribution in [2.75, 3.05) is 6.54 Å². The van der Waals surface area contributed by atoms with Gasteiger partial charge in [0.05, 0.1) is 6.04 Å². The highest BCUT2D eigenvalue weighted by atomic mass is 16.2. The van der Waals surface area contributed by atoms with Crippen LogP contribution in [0, 0.1) is 11.8 Å². The molecule has 3 atom stereocenters. The van der Waals surface area contributed by atoms with E-state index in [1.54, 1.807) is 11.0 Å². The molecule has 2 aliphatic rings. The Morgan fingerprint density at radius 2 is 2.12 bits per heavy atom. The normalized spacial score (nSPS) is 34.4. The van der Waals surface area contributed by atoms with Gasteiger partial charge in [0.15, 0.2) is 0 Å². The Balaban J connectivity index is 2.16. The molecule has 1 amide bonds. The molecule has 1 aliphatic heterocycles. The van der Waals surface area contributed by atoms with Crippen molar-refractivity contribution < 1.29 is 9.59 Å². The smallest absolute Gasteiger partial charge is 0.226 e. The Morgan fingerprint density at radius 1 is 1.38 bits per heavy atom. The zero-order valence-electron chi connectivity index (χ0n) is 9.60. The number of nitrogens with zero attached hydrogens (tertiary/aromatic N) is 1. The second kappa shape index (κ2) is 4.81. The summed E-state index contributed by atoms with van der Waals surface area (Å²) in [6.07, 6.45) is 7.96. The summed E-state index contributed by atoms with van der Waals surface area (Å²) in [5, 5.41) is 0. The fraction of sp³-hybridized carbons (Fsp3) is 0.692. The Bertz CT molecular complexity index is 300. The molecule has 1 heterocycles. The molecule has 3 unspecified atom stereocenters. The molecule has 2 rings (SSSR count). The Hall–Kier alpha value is -1.12. The standard InChI is InChI=1S/C13H19NO2/c1-2-7-14-11(9-15)8-10-5-3-4-6-12(10)13(14)16/h2,9-12H,1,3-8H2. The van der Waals surface area contributed by atoms with Gasteiger partial charge in [0, 0.05) is 12.5 Å². The van der Waals surface area contributed by atoms with Gasteiger partial charge in [-0.2, -0.15) is 0 Å². The van der Waals surface area contributed by atoms with E-state index < -0.39 is 0 Å². The topological polar surface area (TPSA) is 37.4 Å². The first-order valence-electron chi connectivity index (χ1n) is 6.14. The molecule has 0 bridgehead atoms. The van der Waals surface area contributed by atoms with Gasteiger partial charge in [-0.05, 0) is 25.2 Å². The van der Waals surface area contributed by atoms with E-state index >= 15 is 0 Å². The van der Waals surface area contributed by atoms with Gasteiger partial charge in [-0.1, -0.05) is 18.9 Å². The lowest BCUT2D eigenvalue weighted by atomic mass is 9.72. The molecule has 1 saturated heterocycles. The monoisotopic (exact) mass is 221 g/mol. The van der Waals surface area contributed by atoms with Crippen molar-refractivity contribution in [2.45, 2.75) is 38.1 Å². The molecule has 1 saturated carbocycles. The second-order valence-electron chi connectivity index (χ2n) is 4.87.